The molecule has 0 unspecified atom stereocenters. The number of primary amides is 1. The maximum atomic E-state index is 11.1. The Bertz CT molecular complexity index is 386. The van der Waals surface area contributed by atoms with Gasteiger partial charge in [0.25, 0.3) is 0 Å². The number of carbonyl (C=O) groups excluding carboxylic acids is 2. The summed E-state index contributed by atoms with van der Waals surface area (Å²) >= 11 is 0. The monoisotopic (exact) mass is 268 g/mol. The summed E-state index contributed by atoms with van der Waals surface area (Å²) in [7, 11) is -1.67. The van der Waals surface area contributed by atoms with Crippen LogP contribution in [0, 0.1) is 11.5 Å². The van der Waals surface area contributed by atoms with Gasteiger partial charge in [-0.3, -0.25) is 9.59 Å². The van der Waals surface area contributed by atoms with Crippen LogP contribution in [0.15, 0.2) is 0 Å². The van der Waals surface area contributed by atoms with E-state index >= 15 is 0 Å². The molecule has 0 fully saturated rings. The summed E-state index contributed by atoms with van der Waals surface area (Å²) in [6.45, 7) is 12.3. The normalized spacial score (nSPS) is 13.2. The molecule has 0 aliphatic carbocycles. The summed E-state index contributed by atoms with van der Waals surface area (Å²) in [5, 5.41) is 2.68. The number of carbonyl (C=O) groups is 2. The lowest BCUT2D eigenvalue weighted by Gasteiger charge is -2.31. The molecular weight excluding hydrogens is 244 g/mol. The van der Waals surface area contributed by atoms with Gasteiger partial charge < -0.3 is 11.1 Å². The standard InChI is InChI=1S/C13H24N2O2Si/c1-10(16)15-11(12(14)17)8-7-9-18(5,6)13(2,3)4/h11H,8H2,1-6H3,(H2,14,17)(H,15,16)/t11-/m0/s1. The van der Waals surface area contributed by atoms with Crippen molar-refractivity contribution in [2.45, 2.75) is 58.3 Å². The topological polar surface area (TPSA) is 72.2 Å². The third kappa shape index (κ3) is 5.37. The van der Waals surface area contributed by atoms with E-state index in [1.807, 2.05) is 0 Å². The first kappa shape index (κ1) is 16.7. The first-order valence-corrected chi connectivity index (χ1v) is 9.04. The zero-order chi connectivity index (χ0) is 14.6. The number of nitrogens with two attached hydrogens (primary N) is 1. The molecule has 4 nitrogen and oxygen atoms in total. The van der Waals surface area contributed by atoms with E-state index in [4.69, 9.17) is 5.73 Å². The van der Waals surface area contributed by atoms with Crippen LogP contribution in [0.2, 0.25) is 18.1 Å². The van der Waals surface area contributed by atoms with Crippen molar-refractivity contribution in [1.29, 1.82) is 0 Å². The molecule has 2 amide bonds. The molecule has 0 aromatic heterocycles. The van der Waals surface area contributed by atoms with Gasteiger partial charge in [0.05, 0.1) is 0 Å². The van der Waals surface area contributed by atoms with Crippen molar-refractivity contribution in [3.8, 4) is 11.5 Å². The Morgan fingerprint density at radius 3 is 2.17 bits per heavy atom. The molecule has 0 bridgehead atoms. The summed E-state index contributed by atoms with van der Waals surface area (Å²) in [6, 6.07) is -0.695. The maximum Gasteiger partial charge on any atom is 0.240 e. The summed E-state index contributed by atoms with van der Waals surface area (Å²) in [6.07, 6.45) is 0.279. The van der Waals surface area contributed by atoms with Crippen LogP contribution in [0.1, 0.15) is 34.1 Å². The van der Waals surface area contributed by atoms with Gasteiger partial charge in [0.2, 0.25) is 11.8 Å². The van der Waals surface area contributed by atoms with Crippen molar-refractivity contribution >= 4 is 19.9 Å². The molecule has 0 rings (SSSR count). The third-order valence-corrected chi connectivity index (χ3v) is 7.85. The zero-order valence-corrected chi connectivity index (χ0v) is 13.2. The molecule has 1 atom stereocenters. The van der Waals surface area contributed by atoms with Crippen LogP contribution in [0.3, 0.4) is 0 Å². The number of rotatable bonds is 3. The second-order valence-electron chi connectivity index (χ2n) is 6.04. The molecule has 18 heavy (non-hydrogen) atoms. The Morgan fingerprint density at radius 2 is 1.83 bits per heavy atom. The van der Waals surface area contributed by atoms with Gasteiger partial charge in [-0.1, -0.05) is 33.9 Å². The second-order valence-corrected chi connectivity index (χ2v) is 11.0. The molecule has 0 aliphatic heterocycles. The van der Waals surface area contributed by atoms with Crippen LogP contribution < -0.4 is 11.1 Å². The fraction of sp³-hybridized carbons (Fsp3) is 0.692. The van der Waals surface area contributed by atoms with Gasteiger partial charge in [-0.15, -0.1) is 11.5 Å². The van der Waals surface area contributed by atoms with E-state index in [9.17, 15) is 9.59 Å². The Labute approximate surface area is 111 Å². The fourth-order valence-corrected chi connectivity index (χ4v) is 1.95. The minimum absolute atomic E-state index is 0.177. The highest BCUT2D eigenvalue weighted by molar-refractivity contribution is 6.87. The molecule has 3 N–H and O–H groups in total. The first-order chi connectivity index (χ1) is 7.97. The van der Waals surface area contributed by atoms with Gasteiger partial charge >= 0.3 is 0 Å². The predicted molar refractivity (Wildman–Crippen MR) is 76.4 cm³/mol. The van der Waals surface area contributed by atoms with Gasteiger partial charge in [0.15, 0.2) is 0 Å². The Hall–Kier alpha value is -1.28. The van der Waals surface area contributed by atoms with Crippen molar-refractivity contribution in [3.63, 3.8) is 0 Å². The zero-order valence-electron chi connectivity index (χ0n) is 12.2. The van der Waals surface area contributed by atoms with Crippen molar-refractivity contribution in [2.24, 2.45) is 5.73 Å². The van der Waals surface area contributed by atoms with E-state index in [2.05, 4.69) is 50.6 Å². The highest BCUT2D eigenvalue weighted by Crippen LogP contribution is 2.35. The molecule has 0 aromatic rings. The summed E-state index contributed by atoms with van der Waals surface area (Å²) in [4.78, 5) is 22.1. The lowest BCUT2D eigenvalue weighted by atomic mass is 10.2. The molecule has 0 saturated carbocycles. The fourth-order valence-electron chi connectivity index (χ4n) is 1.03. The first-order valence-electron chi connectivity index (χ1n) is 6.04. The molecule has 0 heterocycles. The van der Waals surface area contributed by atoms with E-state index in [0.717, 1.165) is 0 Å². The molecular formula is C13H24N2O2Si. The largest absolute Gasteiger partial charge is 0.368 e. The van der Waals surface area contributed by atoms with Crippen LogP contribution in [0.5, 0.6) is 0 Å². The summed E-state index contributed by atoms with van der Waals surface area (Å²) < 4.78 is 0. The number of hydrogen-bond donors (Lipinski definition) is 2. The lowest BCUT2D eigenvalue weighted by molar-refractivity contribution is -0.126. The smallest absolute Gasteiger partial charge is 0.240 e. The van der Waals surface area contributed by atoms with Gasteiger partial charge in [-0.2, -0.15) is 0 Å². The highest BCUT2D eigenvalue weighted by atomic mass is 28.3. The molecule has 0 saturated heterocycles. The predicted octanol–water partition coefficient (Wildman–Crippen LogP) is 1.42. The Morgan fingerprint density at radius 1 is 1.33 bits per heavy atom. The van der Waals surface area contributed by atoms with Crippen molar-refractivity contribution in [1.82, 2.24) is 5.32 Å². The minimum atomic E-state index is -1.67. The number of nitrogens with one attached hydrogen (secondary N) is 1. The quantitative estimate of drug-likeness (QED) is 0.600. The van der Waals surface area contributed by atoms with Gasteiger partial charge in [-0.05, 0) is 5.04 Å². The maximum absolute atomic E-state index is 11.1. The van der Waals surface area contributed by atoms with Crippen molar-refractivity contribution in [3.05, 3.63) is 0 Å². The molecule has 0 spiro atoms. The second kappa shape index (κ2) is 6.05. The summed E-state index contributed by atoms with van der Waals surface area (Å²) in [5.74, 6) is 2.20. The average Bonchev–Trinajstić information content (AvgIpc) is 2.13. The molecule has 0 aromatic carbocycles. The summed E-state index contributed by atoms with van der Waals surface area (Å²) in [5.41, 5.74) is 8.50. The third-order valence-electron chi connectivity index (χ3n) is 3.30. The van der Waals surface area contributed by atoms with E-state index in [-0.39, 0.29) is 17.4 Å². The number of hydrogen-bond acceptors (Lipinski definition) is 2. The van der Waals surface area contributed by atoms with E-state index in [1.54, 1.807) is 0 Å². The average molecular weight is 268 g/mol. The van der Waals surface area contributed by atoms with Crippen LogP contribution in [0.25, 0.3) is 0 Å². The Balaban J connectivity index is 4.74. The van der Waals surface area contributed by atoms with Crippen LogP contribution in [-0.4, -0.2) is 25.9 Å². The van der Waals surface area contributed by atoms with E-state index in [1.165, 1.54) is 6.92 Å². The molecule has 0 radical (unpaired) electrons. The van der Waals surface area contributed by atoms with Crippen molar-refractivity contribution < 1.29 is 9.59 Å². The lowest BCUT2D eigenvalue weighted by Crippen LogP contribution is -2.43. The van der Waals surface area contributed by atoms with Crippen LogP contribution >= 0.6 is 0 Å². The van der Waals surface area contributed by atoms with Crippen LogP contribution in [0.4, 0.5) is 0 Å². The van der Waals surface area contributed by atoms with Gasteiger partial charge in [0, 0.05) is 13.3 Å². The van der Waals surface area contributed by atoms with Crippen molar-refractivity contribution in [2.75, 3.05) is 0 Å². The van der Waals surface area contributed by atoms with Gasteiger partial charge in [0.1, 0.15) is 14.1 Å². The van der Waals surface area contributed by atoms with E-state index < -0.39 is 20.0 Å². The Kier molecular flexibility index (Phi) is 5.62. The SMILES string of the molecule is CC(=O)N[C@@H](CC#C[Si](C)(C)C(C)(C)C)C(N)=O. The highest BCUT2D eigenvalue weighted by Gasteiger charge is 2.33. The molecule has 102 valence electrons. The number of amides is 2. The van der Waals surface area contributed by atoms with E-state index in [0.29, 0.717) is 0 Å². The van der Waals surface area contributed by atoms with Gasteiger partial charge in [-0.25, -0.2) is 0 Å². The molecule has 5 heteroatoms. The van der Waals surface area contributed by atoms with Crippen LogP contribution in [-0.2, 0) is 9.59 Å². The molecule has 0 aliphatic rings. The minimum Gasteiger partial charge on any atom is -0.368 e.